The van der Waals surface area contributed by atoms with Gasteiger partial charge in [0, 0.05) is 18.5 Å². The van der Waals surface area contributed by atoms with Gasteiger partial charge in [0.25, 0.3) is 0 Å². The molecule has 0 aliphatic carbocycles. The van der Waals surface area contributed by atoms with Gasteiger partial charge in [-0.25, -0.2) is 4.98 Å². The number of hydrogen-bond acceptors (Lipinski definition) is 3. The first-order valence-electron chi connectivity index (χ1n) is 8.20. The first-order chi connectivity index (χ1) is 11.2. The van der Waals surface area contributed by atoms with Crippen molar-refractivity contribution in [2.75, 3.05) is 6.54 Å². The van der Waals surface area contributed by atoms with Gasteiger partial charge < -0.3 is 15.2 Å². The van der Waals surface area contributed by atoms with E-state index in [1.807, 2.05) is 52.0 Å². The molecule has 0 saturated heterocycles. The second-order valence-corrected chi connectivity index (χ2v) is 7.04. The summed E-state index contributed by atoms with van der Waals surface area (Å²) in [6.45, 7) is 10.2. The highest BCUT2D eigenvalue weighted by molar-refractivity contribution is 5.89. The maximum absolute atomic E-state index is 12.1. The van der Waals surface area contributed by atoms with Crippen molar-refractivity contribution in [2.24, 2.45) is 5.41 Å². The summed E-state index contributed by atoms with van der Waals surface area (Å²) in [5.41, 5.74) is 1.49. The molecule has 1 unspecified atom stereocenters. The van der Waals surface area contributed by atoms with Crippen LogP contribution in [0.4, 0.5) is 0 Å². The van der Waals surface area contributed by atoms with Crippen LogP contribution in [0.2, 0.25) is 0 Å². The Kier molecular flexibility index (Phi) is 5.26. The van der Waals surface area contributed by atoms with Crippen molar-refractivity contribution in [3.8, 4) is 0 Å². The van der Waals surface area contributed by atoms with E-state index in [1.54, 1.807) is 6.92 Å². The van der Waals surface area contributed by atoms with E-state index in [4.69, 9.17) is 0 Å². The van der Waals surface area contributed by atoms with Crippen molar-refractivity contribution in [3.05, 3.63) is 30.1 Å². The number of rotatable bonds is 5. The average molecular weight is 330 g/mol. The number of aryl methyl sites for hydroxylation is 1. The van der Waals surface area contributed by atoms with E-state index in [9.17, 15) is 9.59 Å². The van der Waals surface area contributed by atoms with Crippen LogP contribution in [0, 0.1) is 12.3 Å². The van der Waals surface area contributed by atoms with Crippen LogP contribution in [0.15, 0.2) is 24.3 Å². The van der Waals surface area contributed by atoms with Crippen molar-refractivity contribution >= 4 is 22.8 Å². The third-order valence-corrected chi connectivity index (χ3v) is 3.90. The lowest BCUT2D eigenvalue weighted by molar-refractivity contribution is -0.133. The number of nitrogens with zero attached hydrogens (tertiary/aromatic N) is 2. The highest BCUT2D eigenvalue weighted by atomic mass is 16.2. The summed E-state index contributed by atoms with van der Waals surface area (Å²) in [5.74, 6) is 0.593. The minimum atomic E-state index is -0.558. The zero-order chi connectivity index (χ0) is 17.9. The fourth-order valence-electron chi connectivity index (χ4n) is 2.40. The Labute approximate surface area is 142 Å². The van der Waals surface area contributed by atoms with Crippen LogP contribution >= 0.6 is 0 Å². The number of carbonyl (C=O) groups is 2. The van der Waals surface area contributed by atoms with E-state index in [1.165, 1.54) is 0 Å². The molecule has 0 aliphatic heterocycles. The molecule has 1 heterocycles. The molecular weight excluding hydrogens is 304 g/mol. The van der Waals surface area contributed by atoms with Crippen LogP contribution < -0.4 is 10.6 Å². The van der Waals surface area contributed by atoms with Crippen molar-refractivity contribution in [2.45, 2.75) is 47.2 Å². The number of benzene rings is 1. The predicted octanol–water partition coefficient (Wildman–Crippen LogP) is 2.01. The molecule has 2 rings (SSSR count). The number of amides is 2. The summed E-state index contributed by atoms with van der Waals surface area (Å²) in [7, 11) is 0. The molecule has 1 aromatic carbocycles. The summed E-state index contributed by atoms with van der Waals surface area (Å²) in [4.78, 5) is 28.6. The fraction of sp³-hybridized carbons (Fsp3) is 0.500. The number of hydrogen-bond donors (Lipinski definition) is 2. The largest absolute Gasteiger partial charge is 0.353 e. The highest BCUT2D eigenvalue weighted by Crippen LogP contribution is 2.15. The summed E-state index contributed by atoms with van der Waals surface area (Å²) < 4.78 is 2.08. The van der Waals surface area contributed by atoms with E-state index < -0.39 is 11.5 Å². The molecule has 1 aromatic heterocycles. The third-order valence-electron chi connectivity index (χ3n) is 3.90. The van der Waals surface area contributed by atoms with Crippen LogP contribution in [0.25, 0.3) is 11.0 Å². The monoisotopic (exact) mass is 330 g/mol. The Morgan fingerprint density at radius 2 is 1.92 bits per heavy atom. The van der Waals surface area contributed by atoms with E-state index in [0.29, 0.717) is 13.1 Å². The molecule has 0 aliphatic rings. The van der Waals surface area contributed by atoms with Crippen LogP contribution in [-0.2, 0) is 16.1 Å². The standard InChI is InChI=1S/C18H26N4O2/c1-12(20-17(24)18(3,4)5)16(23)19-10-11-22-13(2)21-14-8-6-7-9-15(14)22/h6-9,12H,10-11H2,1-5H3,(H,19,23)(H,20,24). The summed E-state index contributed by atoms with van der Waals surface area (Å²) in [6, 6.07) is 7.37. The van der Waals surface area contributed by atoms with Gasteiger partial charge in [0.05, 0.1) is 11.0 Å². The van der Waals surface area contributed by atoms with Crippen molar-refractivity contribution in [3.63, 3.8) is 0 Å². The van der Waals surface area contributed by atoms with E-state index in [2.05, 4.69) is 20.2 Å². The van der Waals surface area contributed by atoms with E-state index in [0.717, 1.165) is 16.9 Å². The van der Waals surface area contributed by atoms with Crippen LogP contribution in [-0.4, -0.2) is 34.0 Å². The summed E-state index contributed by atoms with van der Waals surface area (Å²) in [5, 5.41) is 5.60. The molecule has 24 heavy (non-hydrogen) atoms. The van der Waals surface area contributed by atoms with Crippen molar-refractivity contribution < 1.29 is 9.59 Å². The smallest absolute Gasteiger partial charge is 0.242 e. The molecule has 6 nitrogen and oxygen atoms in total. The molecule has 0 fully saturated rings. The Hall–Kier alpha value is -2.37. The lowest BCUT2D eigenvalue weighted by atomic mass is 9.95. The van der Waals surface area contributed by atoms with Gasteiger partial charge in [-0.15, -0.1) is 0 Å². The van der Waals surface area contributed by atoms with Crippen molar-refractivity contribution in [1.29, 1.82) is 0 Å². The summed E-state index contributed by atoms with van der Waals surface area (Å²) in [6.07, 6.45) is 0. The van der Waals surface area contributed by atoms with Crippen molar-refractivity contribution in [1.82, 2.24) is 20.2 Å². The van der Waals surface area contributed by atoms with Crippen LogP contribution in [0.1, 0.15) is 33.5 Å². The topological polar surface area (TPSA) is 76.0 Å². The number of nitrogens with one attached hydrogen (secondary N) is 2. The average Bonchev–Trinajstić information content (AvgIpc) is 2.82. The zero-order valence-electron chi connectivity index (χ0n) is 15.0. The molecule has 0 radical (unpaired) electrons. The molecule has 2 N–H and O–H groups in total. The SMILES string of the molecule is Cc1nc2ccccc2n1CCNC(=O)C(C)NC(=O)C(C)(C)C. The number of imidazole rings is 1. The minimum Gasteiger partial charge on any atom is -0.353 e. The Bertz CT molecular complexity index is 743. The van der Waals surface area contributed by atoms with Gasteiger partial charge in [-0.1, -0.05) is 32.9 Å². The Morgan fingerprint density at radius 3 is 2.58 bits per heavy atom. The molecular formula is C18H26N4O2. The maximum Gasteiger partial charge on any atom is 0.242 e. The molecule has 1 atom stereocenters. The lowest BCUT2D eigenvalue weighted by Crippen LogP contribution is -2.48. The second-order valence-electron chi connectivity index (χ2n) is 7.04. The highest BCUT2D eigenvalue weighted by Gasteiger charge is 2.24. The molecule has 2 amide bonds. The Morgan fingerprint density at radius 1 is 1.25 bits per heavy atom. The van der Waals surface area contributed by atoms with Gasteiger partial charge in [-0.2, -0.15) is 0 Å². The Balaban J connectivity index is 1.90. The zero-order valence-corrected chi connectivity index (χ0v) is 15.0. The number of fused-ring (bicyclic) bond motifs is 1. The summed E-state index contributed by atoms with van der Waals surface area (Å²) >= 11 is 0. The van der Waals surface area contributed by atoms with Gasteiger partial charge in [0.2, 0.25) is 11.8 Å². The van der Waals surface area contributed by atoms with Gasteiger partial charge in [0.15, 0.2) is 0 Å². The van der Waals surface area contributed by atoms with Gasteiger partial charge in [-0.05, 0) is 26.0 Å². The predicted molar refractivity (Wildman–Crippen MR) is 94.5 cm³/mol. The quantitative estimate of drug-likeness (QED) is 0.880. The van der Waals surface area contributed by atoms with E-state index in [-0.39, 0.29) is 11.8 Å². The normalized spacial score (nSPS) is 12.9. The number of aromatic nitrogens is 2. The number of para-hydroxylation sites is 2. The molecule has 0 saturated carbocycles. The van der Waals surface area contributed by atoms with Gasteiger partial charge in [0.1, 0.15) is 11.9 Å². The molecule has 6 heteroatoms. The maximum atomic E-state index is 12.1. The molecule has 2 aromatic rings. The second kappa shape index (κ2) is 7.03. The van der Waals surface area contributed by atoms with Gasteiger partial charge in [-0.3, -0.25) is 9.59 Å². The number of carbonyl (C=O) groups excluding carboxylic acids is 2. The molecule has 0 spiro atoms. The fourth-order valence-corrected chi connectivity index (χ4v) is 2.40. The lowest BCUT2D eigenvalue weighted by Gasteiger charge is -2.21. The molecule has 0 bridgehead atoms. The first-order valence-corrected chi connectivity index (χ1v) is 8.20. The van der Waals surface area contributed by atoms with Gasteiger partial charge >= 0.3 is 0 Å². The van der Waals surface area contributed by atoms with Crippen LogP contribution in [0.3, 0.4) is 0 Å². The van der Waals surface area contributed by atoms with E-state index >= 15 is 0 Å². The van der Waals surface area contributed by atoms with Crippen LogP contribution in [0.5, 0.6) is 0 Å². The third kappa shape index (κ3) is 4.13. The first kappa shape index (κ1) is 18.0. The molecule has 130 valence electrons. The minimum absolute atomic E-state index is 0.137.